The monoisotopic (exact) mass is 1670 g/mol. The van der Waals surface area contributed by atoms with Gasteiger partial charge in [-0.25, -0.2) is 41.0 Å². The number of unbranched alkanes of at least 4 members (excludes halogenated alkanes) is 10. The first-order valence-electron chi connectivity index (χ1n) is 40.3. The second kappa shape index (κ2) is 39.7. The van der Waals surface area contributed by atoms with Gasteiger partial charge in [0.05, 0.1) is 60.6 Å². The summed E-state index contributed by atoms with van der Waals surface area (Å²) in [5.41, 5.74) is 1.13. The van der Waals surface area contributed by atoms with E-state index < -0.39 is 108 Å². The number of para-hydroxylation sites is 2. The van der Waals surface area contributed by atoms with Crippen molar-refractivity contribution in [3.8, 4) is 45.5 Å². The van der Waals surface area contributed by atoms with Gasteiger partial charge in [-0.3, -0.25) is 33.7 Å². The maximum atomic E-state index is 14.4. The number of carboxylic acids is 2. The number of nitrogens with one attached hydrogen (secondary N) is 7. The minimum atomic E-state index is -4.43. The van der Waals surface area contributed by atoms with Crippen LogP contribution < -0.4 is 55.0 Å². The van der Waals surface area contributed by atoms with Gasteiger partial charge >= 0.3 is 18.0 Å². The van der Waals surface area contributed by atoms with E-state index in [0.717, 1.165) is 86.4 Å². The number of anilines is 2. The van der Waals surface area contributed by atoms with Crippen LogP contribution in [0.1, 0.15) is 136 Å². The summed E-state index contributed by atoms with van der Waals surface area (Å²) in [6.07, 6.45) is 12.3. The van der Waals surface area contributed by atoms with E-state index in [2.05, 4.69) is 49.2 Å². The summed E-state index contributed by atoms with van der Waals surface area (Å²) in [6, 6.07) is 44.8. The highest BCUT2D eigenvalue weighted by Gasteiger charge is 2.63. The average molecular weight is 1670 g/mol. The summed E-state index contributed by atoms with van der Waals surface area (Å²) < 4.78 is 89.2. The smallest absolute Gasteiger partial charge is 0.411 e. The van der Waals surface area contributed by atoms with Gasteiger partial charge in [-0.15, -0.1) is 13.2 Å². The van der Waals surface area contributed by atoms with Gasteiger partial charge in [0.15, 0.2) is 0 Å². The largest absolute Gasteiger partial charge is 0.497 e. The van der Waals surface area contributed by atoms with Crippen LogP contribution >= 0.6 is 0 Å². The van der Waals surface area contributed by atoms with Crippen LogP contribution in [0.4, 0.5) is 16.2 Å². The summed E-state index contributed by atoms with van der Waals surface area (Å²) in [6.45, 7) is 14.1. The molecule has 8 atom stereocenters. The van der Waals surface area contributed by atoms with Crippen LogP contribution in [-0.4, -0.2) is 165 Å². The summed E-state index contributed by atoms with van der Waals surface area (Å²) in [4.78, 5) is 102. The molecule has 632 valence electrons. The van der Waals surface area contributed by atoms with Crippen molar-refractivity contribution >= 4 is 94.9 Å². The number of likely N-dealkylation sites (tertiary alicyclic amines) is 1. The third kappa shape index (κ3) is 23.0. The van der Waals surface area contributed by atoms with Gasteiger partial charge in [0, 0.05) is 103 Å². The number of fused-ring (bicyclic) bond motifs is 2. The molecule has 2 saturated heterocycles. The fraction of sp³-hybridized carbons (Fsp3) is 0.404. The highest BCUT2D eigenvalue weighted by atomic mass is 32.2. The number of carboxylic acid groups (broad SMARTS) is 2. The number of sulfonamides is 2. The maximum Gasteiger partial charge on any atom is 0.411 e. The predicted octanol–water partition coefficient (Wildman–Crippen LogP) is 13.3. The fourth-order valence-electron chi connectivity index (χ4n) is 14.9. The van der Waals surface area contributed by atoms with Crippen molar-refractivity contribution in [2.75, 3.05) is 51.0 Å². The van der Waals surface area contributed by atoms with Crippen LogP contribution in [0.2, 0.25) is 0 Å². The number of aromatic nitrogens is 2. The quantitative estimate of drug-likeness (QED) is 0.0127. The van der Waals surface area contributed by atoms with E-state index in [1.807, 2.05) is 97.1 Å². The molecule has 4 aliphatic rings. The third-order valence-electron chi connectivity index (χ3n) is 21.5. The second-order valence-electron chi connectivity index (χ2n) is 31.3. The summed E-state index contributed by atoms with van der Waals surface area (Å²) in [5, 5.41) is 34.3. The van der Waals surface area contributed by atoms with Crippen LogP contribution in [0.3, 0.4) is 0 Å². The molecule has 5 amide bonds. The first kappa shape index (κ1) is 88.2. The van der Waals surface area contributed by atoms with Crippen molar-refractivity contribution in [3.05, 3.63) is 183 Å². The van der Waals surface area contributed by atoms with Crippen LogP contribution in [0.25, 0.3) is 44.3 Å². The van der Waals surface area contributed by atoms with E-state index in [-0.39, 0.29) is 54.5 Å². The highest BCUT2D eigenvalue weighted by Crippen LogP contribution is 2.47. The first-order valence-corrected chi connectivity index (χ1v) is 43.3. The van der Waals surface area contributed by atoms with E-state index in [4.69, 9.17) is 43.9 Å². The Kier molecular flexibility index (Phi) is 29.5. The van der Waals surface area contributed by atoms with Crippen LogP contribution in [0, 0.1) is 11.8 Å². The van der Waals surface area contributed by atoms with Crippen LogP contribution in [0.5, 0.6) is 23.0 Å². The van der Waals surface area contributed by atoms with Gasteiger partial charge in [-0.05, 0) is 108 Å². The Morgan fingerprint density at radius 3 is 1.39 bits per heavy atom. The molecule has 12 rings (SSSR count). The van der Waals surface area contributed by atoms with Gasteiger partial charge in [0.25, 0.3) is 31.9 Å². The molecule has 0 bridgehead atoms. The lowest BCUT2D eigenvalue weighted by atomic mass is 10.1. The number of carbonyl (C=O) groups is 7. The number of hydrogen-bond acceptors (Lipinski definition) is 21. The lowest BCUT2D eigenvalue weighted by Gasteiger charge is -2.29. The Morgan fingerprint density at radius 2 is 0.958 bits per heavy atom. The zero-order chi connectivity index (χ0) is 85.1. The molecule has 2 aromatic heterocycles. The Hall–Kier alpha value is -11.6. The second-order valence-corrected chi connectivity index (χ2v) is 34.6. The van der Waals surface area contributed by atoms with Gasteiger partial charge in [0.2, 0.25) is 11.8 Å². The highest BCUT2D eigenvalue weighted by molar-refractivity contribution is 7.90. The molecule has 4 fully saturated rings. The Morgan fingerprint density at radius 1 is 0.538 bits per heavy atom. The molecule has 0 unspecified atom stereocenters. The molecule has 28 nitrogen and oxygen atoms in total. The molecule has 6 aromatic carbocycles. The summed E-state index contributed by atoms with van der Waals surface area (Å²) in [7, 11) is -5.58. The van der Waals surface area contributed by atoms with Gasteiger partial charge < -0.3 is 60.5 Å². The van der Waals surface area contributed by atoms with E-state index >= 15 is 0 Å². The zero-order valence-corrected chi connectivity index (χ0v) is 69.3. The Bertz CT molecular complexity index is 5230. The number of hydrogen-bond donors (Lipinski definition) is 9. The van der Waals surface area contributed by atoms with Crippen molar-refractivity contribution in [2.45, 2.75) is 187 Å². The number of nitrogens with zero attached hydrogens (tertiary/aromatic N) is 3. The van der Waals surface area contributed by atoms with Crippen molar-refractivity contribution in [2.24, 2.45) is 11.8 Å². The zero-order valence-electron chi connectivity index (χ0n) is 67.7. The van der Waals surface area contributed by atoms with E-state index in [1.165, 1.54) is 23.1 Å². The van der Waals surface area contributed by atoms with Gasteiger partial charge in [-0.2, -0.15) is 0 Å². The molecule has 0 spiro atoms. The number of methoxy groups -OCH3 is 2. The molecule has 4 heterocycles. The average Bonchev–Trinajstić information content (AvgIpc) is 1.58. The minimum absolute atomic E-state index is 0.0251. The molecular weight excluding hydrogens is 1560 g/mol. The lowest BCUT2D eigenvalue weighted by molar-refractivity contribution is -0.138. The summed E-state index contributed by atoms with van der Waals surface area (Å²) >= 11 is 0. The van der Waals surface area contributed by atoms with Crippen LogP contribution in [0.15, 0.2) is 193 Å². The molecule has 2 aliphatic carbocycles. The number of aliphatic carboxylic acids is 2. The van der Waals surface area contributed by atoms with Crippen molar-refractivity contribution in [1.82, 2.24) is 40.3 Å². The van der Waals surface area contributed by atoms with Crippen molar-refractivity contribution in [3.63, 3.8) is 0 Å². The number of pyridine rings is 2. The molecule has 2 saturated carbocycles. The SMILES string of the molecule is C=C[C@@H]1C[C@]1(NC(=O)[C@@H]1C[C@@H](Oc2cc(-c3ccccc3)nc3cc(OC)ccc23)CN1)C(=O)NS(=O)(=O)c1ccccc1NCCCCCCCCC(=O)O.C=C[C@@H]1C[C@]1(NC(=O)[C@@H]1C[C@@H](Oc2cc(-c3ccccc3)nc3cc(OC)ccc23)CN1C(=O)OC(C)(C)C)C(=O)NS(=O)(=O)c1ccccc1NCCCCCCCCC(=O)O. The molecule has 0 radical (unpaired) electrons. The minimum Gasteiger partial charge on any atom is -0.497 e. The first-order chi connectivity index (χ1) is 57.1. The Balaban J connectivity index is 0.000000235. The predicted molar refractivity (Wildman–Crippen MR) is 453 cm³/mol. The van der Waals surface area contributed by atoms with E-state index in [1.54, 1.807) is 89.6 Å². The van der Waals surface area contributed by atoms with Crippen molar-refractivity contribution in [1.29, 1.82) is 0 Å². The normalized spacial score (nSPS) is 19.8. The van der Waals surface area contributed by atoms with Crippen LogP contribution in [-0.2, 0) is 53.6 Å². The van der Waals surface area contributed by atoms with E-state index in [9.17, 15) is 50.4 Å². The maximum absolute atomic E-state index is 14.4. The topological polar surface area (TPSA) is 388 Å². The lowest BCUT2D eigenvalue weighted by Crippen LogP contribution is -2.56. The molecule has 119 heavy (non-hydrogen) atoms. The van der Waals surface area contributed by atoms with Gasteiger partial charge in [-0.1, -0.05) is 148 Å². The molecule has 30 heteroatoms. The molecule has 2 aliphatic heterocycles. The standard InChI is InChI=1S/C47H57N5O10S.C42H49N5O8S/c1-6-32-29-47(32,44(56)51-63(58,59)41-21-16-15-20-36(41)48-25-17-10-8-7-9-14-22-42(53)54)50-43(55)39-27-34(30-52(39)45(57)62-46(2,3)4)61-40-28-37(31-18-12-11-13-19-31)49-38-26-33(60-5)23-24-35(38)40;1-3-29-26-42(29,41(51)47-56(52,53)38-18-13-12-17-33(38)43-22-14-7-5-4-6-11-19-39(48)49)46-40(50)36-24-31(27-44-36)55-37-25-34(28-15-9-8-10-16-28)45-35-23-30(54-2)20-21-32(35)37/h6,11-13,15-16,18-21,23-24,26,28,32,34,39,48H,1,7-10,14,17,22,25,27,29-30H2,2-5H3,(H,50,55)(H,51,56)(H,53,54);3,8-10,12-13,15-18,20-21,23,25,29,31,36,43-44H,1,4-7,11,14,19,22,24,26-27H2,2H3,(H,46,50)(H,47,51)(H,48,49)/t32-,34-,39+,47-;29-,31-,36+,42-/m11/s1. The third-order valence-corrected chi connectivity index (χ3v) is 24.2. The van der Waals surface area contributed by atoms with Gasteiger partial charge in [0.1, 0.15) is 67.7 Å². The number of rotatable bonds is 40. The number of amides is 5. The summed E-state index contributed by atoms with van der Waals surface area (Å²) in [5.74, 6) is -3.14. The number of ether oxygens (including phenoxy) is 5. The van der Waals surface area contributed by atoms with Crippen molar-refractivity contribution < 1.29 is 84.3 Å². The Labute approximate surface area is 694 Å². The fourth-order valence-corrected chi connectivity index (χ4v) is 17.3. The molecule has 8 aromatic rings. The number of carbonyl (C=O) groups excluding carboxylic acids is 5. The molecule has 9 N–H and O–H groups in total. The van der Waals surface area contributed by atoms with E-state index in [0.29, 0.717) is 95.4 Å². The molecular formula is C89H106N10O18S2. The number of benzene rings is 6.